The molecular weight excluding hydrogens is 459 g/mol. The fourth-order valence-electron chi connectivity index (χ4n) is 3.39. The lowest BCUT2D eigenvalue weighted by molar-refractivity contribution is -0.133. The van der Waals surface area contributed by atoms with Crippen molar-refractivity contribution in [3.63, 3.8) is 0 Å². The van der Waals surface area contributed by atoms with Gasteiger partial charge < -0.3 is 20.1 Å². The Hall–Kier alpha value is -1.42. The number of carboxylic acids is 1. The van der Waals surface area contributed by atoms with E-state index in [1.807, 2.05) is 0 Å². The van der Waals surface area contributed by atoms with Crippen LogP contribution in [0.3, 0.4) is 0 Å². The van der Waals surface area contributed by atoms with Crippen LogP contribution in [-0.4, -0.2) is 68.8 Å². The number of aromatic carboxylic acids is 1. The number of nitrogens with zero attached hydrogens (tertiary/aromatic N) is 1. The van der Waals surface area contributed by atoms with Crippen molar-refractivity contribution < 1.29 is 24.3 Å². The van der Waals surface area contributed by atoms with E-state index >= 15 is 0 Å². The number of aldehydes is 1. The number of nitrogens with one attached hydrogen (secondary N) is 1. The van der Waals surface area contributed by atoms with Crippen molar-refractivity contribution in [1.29, 1.82) is 0 Å². The average molecular weight is 477 g/mol. The molecule has 1 aromatic carbocycles. The Morgan fingerprint density at radius 2 is 1.97 bits per heavy atom. The molecule has 0 saturated carbocycles. The monoisotopic (exact) mass is 476 g/mol. The number of rotatable bonds is 5. The number of carbonyl (C=O) groups is 4. The van der Waals surface area contributed by atoms with E-state index in [0.717, 1.165) is 24.2 Å². The third-order valence-electron chi connectivity index (χ3n) is 4.78. The second-order valence-electron chi connectivity index (χ2n) is 6.66. The van der Waals surface area contributed by atoms with Gasteiger partial charge in [-0.3, -0.25) is 9.59 Å². The molecule has 2 amide bonds. The van der Waals surface area contributed by atoms with Gasteiger partial charge in [0.1, 0.15) is 6.29 Å². The summed E-state index contributed by atoms with van der Waals surface area (Å²) in [6, 6.07) is 2.03. The van der Waals surface area contributed by atoms with Crippen molar-refractivity contribution in [3.05, 3.63) is 33.3 Å². The van der Waals surface area contributed by atoms with E-state index in [2.05, 4.69) is 5.32 Å². The van der Waals surface area contributed by atoms with Crippen molar-refractivity contribution >= 4 is 70.8 Å². The first-order valence-electron chi connectivity index (χ1n) is 8.80. The van der Waals surface area contributed by atoms with E-state index in [0.29, 0.717) is 13.0 Å². The number of halogens is 2. The zero-order valence-corrected chi connectivity index (χ0v) is 18.3. The summed E-state index contributed by atoms with van der Waals surface area (Å²) in [6.45, 7) is 0.0848. The Balaban J connectivity index is 1.69. The minimum atomic E-state index is -1.40. The minimum Gasteiger partial charge on any atom is -0.478 e. The molecule has 0 aliphatic carbocycles. The van der Waals surface area contributed by atoms with Crippen LogP contribution in [0.5, 0.6) is 0 Å². The molecule has 1 aromatic rings. The Morgan fingerprint density at radius 3 is 2.59 bits per heavy atom. The predicted octanol–water partition coefficient (Wildman–Crippen LogP) is 2.79. The van der Waals surface area contributed by atoms with Gasteiger partial charge in [0.2, 0.25) is 5.91 Å². The first kappa shape index (κ1) is 22.3. The fourth-order valence-corrected chi connectivity index (χ4v) is 7.17. The van der Waals surface area contributed by atoms with E-state index < -0.39 is 29.4 Å². The smallest absolute Gasteiger partial charge is 0.338 e. The van der Waals surface area contributed by atoms with Gasteiger partial charge in [-0.25, -0.2) is 4.79 Å². The van der Waals surface area contributed by atoms with Crippen LogP contribution in [0.1, 0.15) is 33.6 Å². The van der Waals surface area contributed by atoms with Crippen molar-refractivity contribution in [2.75, 3.05) is 24.6 Å². The molecule has 2 aliphatic heterocycles. The van der Waals surface area contributed by atoms with Gasteiger partial charge in [-0.15, -0.1) is 23.5 Å². The SMILES string of the molecule is O=C[C@@H]1CC2(CN1C(=O)CNC(=O)c1ccc(Cl)c(Cl)c1C(=O)O)SCCCS2. The summed E-state index contributed by atoms with van der Waals surface area (Å²) in [6.07, 6.45) is 2.45. The second-order valence-corrected chi connectivity index (χ2v) is 10.7. The summed E-state index contributed by atoms with van der Waals surface area (Å²) >= 11 is 15.3. The molecular formula is C18H18Cl2N2O5S2. The number of benzene rings is 1. The van der Waals surface area contributed by atoms with Crippen LogP contribution in [0.2, 0.25) is 10.0 Å². The van der Waals surface area contributed by atoms with Crippen LogP contribution in [0.15, 0.2) is 12.1 Å². The molecule has 2 N–H and O–H groups in total. The molecule has 2 aliphatic rings. The van der Waals surface area contributed by atoms with E-state index in [4.69, 9.17) is 23.2 Å². The normalized spacial score (nSPS) is 20.5. The van der Waals surface area contributed by atoms with Crippen LogP contribution in [0.25, 0.3) is 0 Å². The number of amides is 2. The quantitative estimate of drug-likeness (QED) is 0.629. The lowest BCUT2D eigenvalue weighted by Gasteiger charge is -2.31. The average Bonchev–Trinajstić information content (AvgIpc) is 3.06. The zero-order valence-electron chi connectivity index (χ0n) is 15.2. The third kappa shape index (κ3) is 4.68. The molecule has 0 bridgehead atoms. The Kier molecular flexibility index (Phi) is 7.03. The first-order chi connectivity index (χ1) is 13.8. The summed E-state index contributed by atoms with van der Waals surface area (Å²) in [4.78, 5) is 49.6. The highest BCUT2D eigenvalue weighted by atomic mass is 35.5. The lowest BCUT2D eigenvalue weighted by atomic mass is 10.1. The van der Waals surface area contributed by atoms with Gasteiger partial charge in [-0.1, -0.05) is 23.2 Å². The highest BCUT2D eigenvalue weighted by Gasteiger charge is 2.47. The van der Waals surface area contributed by atoms with Gasteiger partial charge in [0.05, 0.1) is 37.8 Å². The maximum Gasteiger partial charge on any atom is 0.338 e. The van der Waals surface area contributed by atoms with E-state index in [1.165, 1.54) is 17.0 Å². The summed E-state index contributed by atoms with van der Waals surface area (Å²) in [7, 11) is 0. The molecule has 156 valence electrons. The zero-order chi connectivity index (χ0) is 21.2. The minimum absolute atomic E-state index is 0.00960. The molecule has 7 nitrogen and oxygen atoms in total. The van der Waals surface area contributed by atoms with Gasteiger partial charge >= 0.3 is 5.97 Å². The first-order valence-corrected chi connectivity index (χ1v) is 11.5. The maximum absolute atomic E-state index is 12.7. The topological polar surface area (TPSA) is 104 Å². The van der Waals surface area contributed by atoms with Gasteiger partial charge in [0.15, 0.2) is 0 Å². The molecule has 1 atom stereocenters. The van der Waals surface area contributed by atoms with Gasteiger partial charge in [-0.05, 0) is 30.1 Å². The molecule has 3 rings (SSSR count). The van der Waals surface area contributed by atoms with Gasteiger partial charge in [-0.2, -0.15) is 0 Å². The lowest BCUT2D eigenvalue weighted by Crippen LogP contribution is -2.44. The summed E-state index contributed by atoms with van der Waals surface area (Å²) < 4.78 is -0.177. The Morgan fingerprint density at radius 1 is 1.28 bits per heavy atom. The van der Waals surface area contributed by atoms with Crippen molar-refractivity contribution in [3.8, 4) is 0 Å². The van der Waals surface area contributed by atoms with Crippen LogP contribution in [0, 0.1) is 0 Å². The Labute approximate surface area is 185 Å². The van der Waals surface area contributed by atoms with Crippen molar-refractivity contribution in [2.24, 2.45) is 0 Å². The van der Waals surface area contributed by atoms with Gasteiger partial charge in [0, 0.05) is 13.0 Å². The number of hydrogen-bond donors (Lipinski definition) is 2. The molecule has 0 unspecified atom stereocenters. The van der Waals surface area contributed by atoms with E-state index in [1.54, 1.807) is 23.5 Å². The van der Waals surface area contributed by atoms with Gasteiger partial charge in [0.25, 0.3) is 5.91 Å². The summed E-state index contributed by atoms with van der Waals surface area (Å²) in [5.74, 6) is -0.564. The van der Waals surface area contributed by atoms with Crippen LogP contribution in [0.4, 0.5) is 0 Å². The summed E-state index contributed by atoms with van der Waals surface area (Å²) in [5, 5.41) is 11.5. The standard InChI is InChI=1S/C18H18Cl2N2O5S2/c19-12-3-2-11(14(15(12)20)17(26)27)16(25)21-7-13(24)22-9-18(6-10(22)8-23)28-4-1-5-29-18/h2-3,8,10H,1,4-7,9H2,(H,21,25)(H,26,27)/t10-/m0/s1. The van der Waals surface area contributed by atoms with Crippen molar-refractivity contribution in [1.82, 2.24) is 10.2 Å². The molecule has 1 spiro atoms. The third-order valence-corrected chi connectivity index (χ3v) is 8.92. The van der Waals surface area contributed by atoms with Crippen LogP contribution in [-0.2, 0) is 9.59 Å². The molecule has 0 radical (unpaired) electrons. The number of thioether (sulfide) groups is 2. The van der Waals surface area contributed by atoms with E-state index in [9.17, 15) is 24.3 Å². The fraction of sp³-hybridized carbons (Fsp3) is 0.444. The van der Waals surface area contributed by atoms with Crippen LogP contribution < -0.4 is 5.32 Å². The summed E-state index contributed by atoms with van der Waals surface area (Å²) in [5.41, 5.74) is -0.618. The van der Waals surface area contributed by atoms with E-state index in [-0.39, 0.29) is 26.2 Å². The maximum atomic E-state index is 12.7. The number of carbonyl (C=O) groups excluding carboxylic acids is 3. The number of likely N-dealkylation sites (tertiary alicyclic amines) is 1. The number of hydrogen-bond acceptors (Lipinski definition) is 6. The molecule has 0 aromatic heterocycles. The molecule has 2 fully saturated rings. The second kappa shape index (κ2) is 9.16. The molecule has 2 saturated heterocycles. The molecule has 2 heterocycles. The number of carboxylic acid groups (broad SMARTS) is 1. The largest absolute Gasteiger partial charge is 0.478 e. The molecule has 11 heteroatoms. The highest BCUT2D eigenvalue weighted by Crippen LogP contribution is 2.49. The highest BCUT2D eigenvalue weighted by molar-refractivity contribution is 8.18. The van der Waals surface area contributed by atoms with Crippen molar-refractivity contribution in [2.45, 2.75) is 23.0 Å². The predicted molar refractivity (Wildman–Crippen MR) is 114 cm³/mol. The van der Waals surface area contributed by atoms with Crippen LogP contribution >= 0.6 is 46.7 Å². The Bertz CT molecular complexity index is 861. The molecule has 29 heavy (non-hydrogen) atoms.